The second-order valence-corrected chi connectivity index (χ2v) is 2.56. The van der Waals surface area contributed by atoms with Gasteiger partial charge in [-0.15, -0.1) is 0 Å². The van der Waals surface area contributed by atoms with Gasteiger partial charge in [0.1, 0.15) is 0 Å². The van der Waals surface area contributed by atoms with E-state index in [4.69, 9.17) is 4.80 Å². The quantitative estimate of drug-likeness (QED) is 0.235. The Morgan fingerprint density at radius 1 is 1.75 bits per heavy atom. The van der Waals surface area contributed by atoms with Gasteiger partial charge in [0, 0.05) is 0 Å². The maximum absolute atomic E-state index is 9.43. The summed E-state index contributed by atoms with van der Waals surface area (Å²) < 4.78 is 0. The lowest BCUT2D eigenvalue weighted by Gasteiger charge is -1.85. The van der Waals surface area contributed by atoms with Crippen molar-refractivity contribution in [3.63, 3.8) is 0 Å². The first-order valence-electron chi connectivity index (χ1n) is 2.56. The predicted molar refractivity (Wildman–Crippen MR) is 33.2 cm³/mol. The third-order valence-corrected chi connectivity index (χ3v) is 1.56. The average Bonchev–Trinajstić information content (AvgIpc) is 1.81. The van der Waals surface area contributed by atoms with E-state index in [-0.39, 0.29) is 0 Å². The Kier molecular flexibility index (Phi) is 6.19. The molecule has 0 saturated heterocycles. The highest BCUT2D eigenvalue weighted by molar-refractivity contribution is 6.25. The lowest BCUT2D eigenvalue weighted by Crippen LogP contribution is -1.87. The van der Waals surface area contributed by atoms with Crippen LogP contribution in [0, 0.1) is 0 Å². The van der Waals surface area contributed by atoms with Gasteiger partial charge in [0.15, 0.2) is 9.76 Å². The van der Waals surface area contributed by atoms with Gasteiger partial charge in [-0.3, -0.25) is 0 Å². The Hall–Kier alpha value is -0.443. The van der Waals surface area contributed by atoms with Crippen LogP contribution in [0.2, 0.25) is 6.04 Å². The van der Waals surface area contributed by atoms with Gasteiger partial charge in [0.2, 0.25) is 6.08 Å². The minimum absolute atomic E-state index is 0.525. The summed E-state index contributed by atoms with van der Waals surface area (Å²) in [5, 5.41) is 0. The van der Waals surface area contributed by atoms with Crippen molar-refractivity contribution in [3.8, 4) is 0 Å². The molecule has 0 heterocycles. The van der Waals surface area contributed by atoms with Crippen molar-refractivity contribution in [2.24, 2.45) is 4.99 Å². The number of carbonyl (C=O) groups excluding carboxylic acids is 1. The van der Waals surface area contributed by atoms with Crippen molar-refractivity contribution < 1.29 is 9.59 Å². The minimum Gasteiger partial charge on any atom is -0.438 e. The van der Waals surface area contributed by atoms with Gasteiger partial charge in [-0.25, -0.2) is 9.79 Å². The molecule has 0 aliphatic carbocycles. The molecule has 0 radical (unpaired) electrons. The van der Waals surface area contributed by atoms with Gasteiger partial charge in [-0.2, -0.15) is 0 Å². The van der Waals surface area contributed by atoms with Crippen molar-refractivity contribution in [1.82, 2.24) is 0 Å². The van der Waals surface area contributed by atoms with Crippen molar-refractivity contribution in [2.45, 2.75) is 12.5 Å². The fourth-order valence-corrected chi connectivity index (χ4v) is 0.796. The number of isocyanates is 1. The molecule has 0 atom stereocenters. The Labute approximate surface area is 50.4 Å². The maximum atomic E-state index is 9.43. The average molecular weight is 131 g/mol. The van der Waals surface area contributed by atoms with E-state index in [9.17, 15) is 4.79 Å². The molecule has 0 bridgehead atoms. The molecular formula is C4H9NO2Si. The number of nitrogens with zero attached hydrogens (tertiary/aromatic N) is 1. The summed E-state index contributed by atoms with van der Waals surface area (Å²) in [6, 6.07) is 0.852. The summed E-state index contributed by atoms with van der Waals surface area (Å²) in [4.78, 5) is 21.1. The molecule has 1 N–H and O–H groups in total. The lowest BCUT2D eigenvalue weighted by atomic mass is 10.5. The molecule has 0 aromatic carbocycles. The van der Waals surface area contributed by atoms with E-state index >= 15 is 0 Å². The van der Waals surface area contributed by atoms with Gasteiger partial charge in [0.25, 0.3) is 0 Å². The van der Waals surface area contributed by atoms with Crippen LogP contribution in [0.25, 0.3) is 0 Å². The van der Waals surface area contributed by atoms with Gasteiger partial charge < -0.3 is 4.80 Å². The summed E-state index contributed by atoms with van der Waals surface area (Å²) in [6.45, 7) is 0.525. The smallest absolute Gasteiger partial charge is 0.234 e. The standard InChI is InChI=1S/C4H9NO2Si/c6-4-5-2-1-3-8-7/h7H,1-3,8H2. The third-order valence-electron chi connectivity index (χ3n) is 0.743. The fourth-order valence-electron chi connectivity index (χ4n) is 0.348. The van der Waals surface area contributed by atoms with Crippen LogP contribution in [0.1, 0.15) is 6.42 Å². The molecular weight excluding hydrogens is 122 g/mol. The van der Waals surface area contributed by atoms with E-state index in [2.05, 4.69) is 4.99 Å². The zero-order valence-electron chi connectivity index (χ0n) is 4.63. The van der Waals surface area contributed by atoms with Crippen molar-refractivity contribution >= 4 is 15.8 Å². The Balaban J connectivity index is 2.82. The Morgan fingerprint density at radius 2 is 2.50 bits per heavy atom. The highest BCUT2D eigenvalue weighted by atomic mass is 28.2. The van der Waals surface area contributed by atoms with Gasteiger partial charge >= 0.3 is 0 Å². The monoisotopic (exact) mass is 131 g/mol. The van der Waals surface area contributed by atoms with E-state index < -0.39 is 9.76 Å². The van der Waals surface area contributed by atoms with E-state index in [1.54, 1.807) is 0 Å². The predicted octanol–water partition coefficient (Wildman–Crippen LogP) is -0.793. The molecule has 0 aliphatic heterocycles. The van der Waals surface area contributed by atoms with Crippen molar-refractivity contribution in [3.05, 3.63) is 0 Å². The molecule has 0 amide bonds. The number of rotatable bonds is 4. The second-order valence-electron chi connectivity index (χ2n) is 1.40. The summed E-state index contributed by atoms with van der Waals surface area (Å²) in [5.74, 6) is 0. The third kappa shape index (κ3) is 5.56. The van der Waals surface area contributed by atoms with Gasteiger partial charge in [0.05, 0.1) is 6.54 Å². The van der Waals surface area contributed by atoms with Crippen LogP contribution in [-0.4, -0.2) is 27.2 Å². The van der Waals surface area contributed by atoms with Crippen LogP contribution < -0.4 is 0 Å². The van der Waals surface area contributed by atoms with Gasteiger partial charge in [-0.05, 0) is 12.5 Å². The van der Waals surface area contributed by atoms with E-state index in [0.717, 1.165) is 12.5 Å². The largest absolute Gasteiger partial charge is 0.438 e. The summed E-state index contributed by atoms with van der Waals surface area (Å²) >= 11 is 0. The van der Waals surface area contributed by atoms with Crippen LogP contribution in [0.3, 0.4) is 0 Å². The topological polar surface area (TPSA) is 49.7 Å². The molecule has 0 saturated carbocycles. The fraction of sp³-hybridized carbons (Fsp3) is 0.750. The Bertz CT molecular complexity index is 90.0. The number of hydrogen-bond donors (Lipinski definition) is 1. The number of aliphatic imine (C=N–C) groups is 1. The second kappa shape index (κ2) is 6.56. The highest BCUT2D eigenvalue weighted by Gasteiger charge is 1.82. The molecule has 4 heteroatoms. The lowest BCUT2D eigenvalue weighted by molar-refractivity contribution is 0.562. The van der Waals surface area contributed by atoms with Crippen LogP contribution in [0.15, 0.2) is 4.99 Å². The van der Waals surface area contributed by atoms with Crippen molar-refractivity contribution in [2.75, 3.05) is 6.54 Å². The zero-order chi connectivity index (χ0) is 6.24. The van der Waals surface area contributed by atoms with Crippen LogP contribution in [0.4, 0.5) is 0 Å². The molecule has 0 fully saturated rings. The molecule has 3 nitrogen and oxygen atoms in total. The highest BCUT2D eigenvalue weighted by Crippen LogP contribution is 1.85. The first-order chi connectivity index (χ1) is 3.91. The minimum atomic E-state index is -0.804. The normalized spacial score (nSPS) is 9.62. The van der Waals surface area contributed by atoms with E-state index in [0.29, 0.717) is 6.54 Å². The molecule has 0 spiro atoms. The molecule has 0 rings (SSSR count). The van der Waals surface area contributed by atoms with Crippen LogP contribution in [0.5, 0.6) is 0 Å². The SMILES string of the molecule is O=C=NCCC[SiH2]O. The van der Waals surface area contributed by atoms with Crippen LogP contribution in [-0.2, 0) is 4.79 Å². The molecule has 0 aliphatic rings. The Morgan fingerprint density at radius 3 is 3.00 bits per heavy atom. The molecule has 0 aromatic heterocycles. The van der Waals surface area contributed by atoms with Crippen LogP contribution >= 0.6 is 0 Å². The molecule has 0 unspecified atom stereocenters. The molecule has 0 aromatic rings. The van der Waals surface area contributed by atoms with Crippen molar-refractivity contribution in [1.29, 1.82) is 0 Å². The van der Waals surface area contributed by atoms with E-state index in [1.807, 2.05) is 0 Å². The van der Waals surface area contributed by atoms with E-state index in [1.165, 1.54) is 6.08 Å². The maximum Gasteiger partial charge on any atom is 0.234 e. The first kappa shape index (κ1) is 7.56. The first-order valence-corrected chi connectivity index (χ1v) is 4.19. The summed E-state index contributed by atoms with van der Waals surface area (Å²) in [7, 11) is -0.804. The summed E-state index contributed by atoms with van der Waals surface area (Å²) in [5.41, 5.74) is 0. The van der Waals surface area contributed by atoms with Gasteiger partial charge in [-0.1, -0.05) is 0 Å². The summed E-state index contributed by atoms with van der Waals surface area (Å²) in [6.07, 6.45) is 2.27. The molecule has 8 heavy (non-hydrogen) atoms. The zero-order valence-corrected chi connectivity index (χ0v) is 6.05. The number of hydrogen-bond acceptors (Lipinski definition) is 3. The molecule has 46 valence electrons.